The summed E-state index contributed by atoms with van der Waals surface area (Å²) in [7, 11) is 0. The van der Waals surface area contributed by atoms with Gasteiger partial charge in [-0.3, -0.25) is 4.79 Å². The average molecular weight is 373 g/mol. The Kier molecular flexibility index (Phi) is 4.84. The van der Waals surface area contributed by atoms with Crippen LogP contribution in [0.4, 0.5) is 0 Å². The SMILES string of the molecule is NC1CCCNC1.O=C(O)C1CC2C3CCC4CC3CCC2C2CC=C4C12. The lowest BCUT2D eigenvalue weighted by molar-refractivity contribution is -0.149. The molecule has 8 bridgehead atoms. The second kappa shape index (κ2) is 7.18. The number of carbonyl (C=O) groups is 1. The van der Waals surface area contributed by atoms with Crippen LogP contribution in [-0.2, 0) is 4.79 Å². The largest absolute Gasteiger partial charge is 0.481 e. The van der Waals surface area contributed by atoms with E-state index >= 15 is 0 Å². The van der Waals surface area contributed by atoms with Gasteiger partial charge in [0.05, 0.1) is 5.92 Å². The molecule has 9 aliphatic rings. The van der Waals surface area contributed by atoms with E-state index in [4.69, 9.17) is 5.73 Å². The monoisotopic (exact) mass is 372 g/mol. The fourth-order valence-corrected chi connectivity index (χ4v) is 8.09. The quantitative estimate of drug-likeness (QED) is 0.617. The van der Waals surface area contributed by atoms with Gasteiger partial charge in [-0.1, -0.05) is 11.6 Å². The Balaban J connectivity index is 0.000000195. The molecule has 9 rings (SSSR count). The van der Waals surface area contributed by atoms with E-state index in [0.29, 0.717) is 17.9 Å². The number of carboxylic acids is 1. The van der Waals surface area contributed by atoms with Crippen LogP contribution in [0.1, 0.15) is 57.8 Å². The van der Waals surface area contributed by atoms with Crippen molar-refractivity contribution in [2.45, 2.75) is 63.8 Å². The van der Waals surface area contributed by atoms with Gasteiger partial charge < -0.3 is 16.2 Å². The molecule has 0 aromatic rings. The van der Waals surface area contributed by atoms with E-state index in [0.717, 1.165) is 49.1 Å². The smallest absolute Gasteiger partial charge is 0.307 e. The van der Waals surface area contributed by atoms with Crippen molar-refractivity contribution in [3.05, 3.63) is 11.6 Å². The third kappa shape index (κ3) is 3.07. The van der Waals surface area contributed by atoms with Crippen molar-refractivity contribution in [3.8, 4) is 0 Å². The molecule has 150 valence electrons. The molecule has 9 atom stereocenters. The minimum absolute atomic E-state index is 0.0602. The van der Waals surface area contributed by atoms with E-state index in [1.807, 2.05) is 0 Å². The summed E-state index contributed by atoms with van der Waals surface area (Å²) in [5.41, 5.74) is 7.17. The van der Waals surface area contributed by atoms with Crippen LogP contribution in [0.25, 0.3) is 0 Å². The van der Waals surface area contributed by atoms with Crippen molar-refractivity contribution < 1.29 is 9.90 Å². The Morgan fingerprint density at radius 3 is 2.59 bits per heavy atom. The number of fused-ring (bicyclic) bond motifs is 1. The molecule has 1 saturated heterocycles. The molecule has 7 saturated carbocycles. The van der Waals surface area contributed by atoms with Crippen LogP contribution in [0.5, 0.6) is 0 Å². The summed E-state index contributed by atoms with van der Waals surface area (Å²) < 4.78 is 0. The van der Waals surface area contributed by atoms with E-state index in [9.17, 15) is 9.90 Å². The van der Waals surface area contributed by atoms with Crippen LogP contribution in [0.2, 0.25) is 0 Å². The number of allylic oxidation sites excluding steroid dienone is 2. The fourth-order valence-electron chi connectivity index (χ4n) is 8.09. The maximum absolute atomic E-state index is 11.9. The van der Waals surface area contributed by atoms with Gasteiger partial charge in [-0.15, -0.1) is 0 Å². The first kappa shape index (κ1) is 18.2. The molecule has 4 heteroatoms. The normalized spacial score (nSPS) is 49.5. The number of piperidine rings is 1. The highest BCUT2D eigenvalue weighted by molar-refractivity contribution is 5.71. The summed E-state index contributed by atoms with van der Waals surface area (Å²) >= 11 is 0. The number of rotatable bonds is 1. The number of hydrogen-bond acceptors (Lipinski definition) is 3. The van der Waals surface area contributed by atoms with E-state index < -0.39 is 5.97 Å². The van der Waals surface area contributed by atoms with Crippen molar-refractivity contribution in [3.63, 3.8) is 0 Å². The molecule has 1 aliphatic heterocycles. The summed E-state index contributed by atoms with van der Waals surface area (Å²) in [6, 6.07) is 0.425. The van der Waals surface area contributed by atoms with Gasteiger partial charge in [0, 0.05) is 12.6 Å². The number of nitrogens with two attached hydrogens (primary N) is 1. The van der Waals surface area contributed by atoms with E-state index in [2.05, 4.69) is 11.4 Å². The summed E-state index contributed by atoms with van der Waals surface area (Å²) in [6.45, 7) is 2.17. The summed E-state index contributed by atoms with van der Waals surface area (Å²) in [4.78, 5) is 11.9. The van der Waals surface area contributed by atoms with Crippen molar-refractivity contribution >= 4 is 5.97 Å². The summed E-state index contributed by atoms with van der Waals surface area (Å²) in [5, 5.41) is 13.0. The molecule has 8 fully saturated rings. The predicted octanol–water partition coefficient (Wildman–Crippen LogP) is 3.42. The second-order valence-corrected chi connectivity index (χ2v) is 10.3. The number of aliphatic carboxylic acids is 1. The summed E-state index contributed by atoms with van der Waals surface area (Å²) in [6.07, 6.45) is 14.1. The van der Waals surface area contributed by atoms with Crippen molar-refractivity contribution in [2.75, 3.05) is 13.1 Å². The highest BCUT2D eigenvalue weighted by Gasteiger charge is 2.58. The van der Waals surface area contributed by atoms with Crippen LogP contribution >= 0.6 is 0 Å². The van der Waals surface area contributed by atoms with Gasteiger partial charge in [-0.05, 0) is 106 Å². The van der Waals surface area contributed by atoms with Gasteiger partial charge in [0.25, 0.3) is 0 Å². The van der Waals surface area contributed by atoms with E-state index in [1.54, 1.807) is 5.57 Å². The first-order valence-electron chi connectivity index (χ1n) is 11.5. The Morgan fingerprint density at radius 1 is 1.04 bits per heavy atom. The highest BCUT2D eigenvalue weighted by Crippen LogP contribution is 2.64. The molecule has 0 radical (unpaired) electrons. The van der Waals surface area contributed by atoms with Crippen LogP contribution in [-0.4, -0.2) is 30.2 Å². The van der Waals surface area contributed by atoms with Crippen molar-refractivity contribution in [2.24, 2.45) is 53.1 Å². The van der Waals surface area contributed by atoms with Gasteiger partial charge in [0.15, 0.2) is 0 Å². The van der Waals surface area contributed by atoms with Crippen LogP contribution in [0, 0.1) is 47.3 Å². The van der Waals surface area contributed by atoms with E-state index in [1.165, 1.54) is 51.4 Å². The Hall–Kier alpha value is -0.870. The Morgan fingerprint density at radius 2 is 1.89 bits per heavy atom. The van der Waals surface area contributed by atoms with Crippen molar-refractivity contribution in [1.29, 1.82) is 0 Å². The standard InChI is InChI=1S/C18H24O2.C5H12N2/c19-18(20)16-8-15-11-3-1-10-7-9(11)2-4-13(15)14-6-5-12(10)17(14)16;6-5-2-1-3-7-4-5/h5,9-11,13-17H,1-4,6-8H2,(H,19,20);5,7H,1-4,6H2. The maximum atomic E-state index is 11.9. The average Bonchev–Trinajstić information content (AvgIpc) is 3.17. The van der Waals surface area contributed by atoms with Crippen LogP contribution in [0.15, 0.2) is 11.6 Å². The van der Waals surface area contributed by atoms with Crippen LogP contribution in [0.3, 0.4) is 0 Å². The molecule has 0 aromatic heterocycles. The fraction of sp³-hybridized carbons (Fsp3) is 0.870. The Bertz CT molecular complexity index is 611. The molecule has 4 N–H and O–H groups in total. The lowest BCUT2D eigenvalue weighted by Gasteiger charge is -2.51. The van der Waals surface area contributed by atoms with E-state index in [-0.39, 0.29) is 5.92 Å². The summed E-state index contributed by atoms with van der Waals surface area (Å²) in [5.74, 6) is 4.65. The molecule has 8 aliphatic carbocycles. The predicted molar refractivity (Wildman–Crippen MR) is 106 cm³/mol. The van der Waals surface area contributed by atoms with Gasteiger partial charge in [0.2, 0.25) is 0 Å². The van der Waals surface area contributed by atoms with Crippen molar-refractivity contribution in [1.82, 2.24) is 5.32 Å². The van der Waals surface area contributed by atoms with Gasteiger partial charge in [-0.2, -0.15) is 0 Å². The molecule has 27 heavy (non-hydrogen) atoms. The second-order valence-electron chi connectivity index (χ2n) is 10.3. The zero-order valence-corrected chi connectivity index (χ0v) is 16.5. The zero-order valence-electron chi connectivity index (χ0n) is 16.5. The molecule has 4 nitrogen and oxygen atoms in total. The van der Waals surface area contributed by atoms with Gasteiger partial charge >= 0.3 is 5.97 Å². The molecule has 0 amide bonds. The highest BCUT2D eigenvalue weighted by atomic mass is 16.4. The minimum Gasteiger partial charge on any atom is -0.481 e. The third-order valence-electron chi connectivity index (χ3n) is 9.12. The lowest BCUT2D eigenvalue weighted by atomic mass is 9.53. The Labute approximate surface area is 163 Å². The first-order valence-corrected chi connectivity index (χ1v) is 11.5. The zero-order chi connectivity index (χ0) is 18.5. The molecule has 0 aromatic carbocycles. The third-order valence-corrected chi connectivity index (χ3v) is 9.12. The lowest BCUT2D eigenvalue weighted by Crippen LogP contribution is -2.47. The topological polar surface area (TPSA) is 75.3 Å². The molecule has 0 spiro atoms. The number of carboxylic acid groups (broad SMARTS) is 1. The van der Waals surface area contributed by atoms with Gasteiger partial charge in [0.1, 0.15) is 0 Å². The first-order chi connectivity index (χ1) is 13.1. The maximum Gasteiger partial charge on any atom is 0.307 e. The minimum atomic E-state index is -0.505. The molecule has 9 unspecified atom stereocenters. The molecule has 1 heterocycles. The number of nitrogens with one attached hydrogen (secondary N) is 1. The van der Waals surface area contributed by atoms with Crippen LogP contribution < -0.4 is 11.1 Å². The van der Waals surface area contributed by atoms with Gasteiger partial charge in [-0.25, -0.2) is 0 Å². The number of hydrogen-bond donors (Lipinski definition) is 3. The molecular weight excluding hydrogens is 336 g/mol. The molecular formula is C23H36N2O2.